The van der Waals surface area contributed by atoms with Crippen LogP contribution in [0.15, 0.2) is 48.5 Å². The van der Waals surface area contributed by atoms with Gasteiger partial charge in [-0.05, 0) is 48.9 Å². The average Bonchev–Trinajstić information content (AvgIpc) is 3.19. The minimum Gasteiger partial charge on any atom is -0.486 e. The fourth-order valence-corrected chi connectivity index (χ4v) is 3.78. The molecular weight excluding hydrogens is 466 g/mol. The lowest BCUT2D eigenvalue weighted by Gasteiger charge is -2.07. The predicted molar refractivity (Wildman–Crippen MR) is 126 cm³/mol. The summed E-state index contributed by atoms with van der Waals surface area (Å²) < 4.78 is 10.2. The van der Waals surface area contributed by atoms with Crippen molar-refractivity contribution < 1.29 is 23.9 Å². The number of nitrogens with one attached hydrogen (secondary N) is 2. The van der Waals surface area contributed by atoms with Gasteiger partial charge in [0.15, 0.2) is 0 Å². The third-order valence-corrected chi connectivity index (χ3v) is 5.84. The predicted octanol–water partition coefficient (Wildman–Crippen LogP) is 3.77. The lowest BCUT2D eigenvalue weighted by Crippen LogP contribution is -2.31. The minimum atomic E-state index is -0.514. The molecule has 172 valence electrons. The number of benzene rings is 2. The average molecular weight is 488 g/mol. The van der Waals surface area contributed by atoms with Gasteiger partial charge < -0.3 is 20.1 Å². The summed E-state index contributed by atoms with van der Waals surface area (Å²) in [4.78, 5) is 40.6. The topological polar surface area (TPSA) is 107 Å². The first-order valence-electron chi connectivity index (χ1n) is 9.92. The summed E-state index contributed by atoms with van der Waals surface area (Å²) in [7, 11) is 1.26. The van der Waals surface area contributed by atoms with Crippen LogP contribution < -0.4 is 15.4 Å². The molecule has 8 nitrogen and oxygen atoms in total. The second-order valence-electron chi connectivity index (χ2n) is 6.95. The minimum absolute atomic E-state index is 0.107. The highest BCUT2D eigenvalue weighted by atomic mass is 35.5. The molecule has 2 aromatic carbocycles. The van der Waals surface area contributed by atoms with E-state index in [1.165, 1.54) is 18.4 Å². The number of thiazole rings is 1. The Hall–Kier alpha value is -3.43. The van der Waals surface area contributed by atoms with Crippen LogP contribution in [0.3, 0.4) is 0 Å². The molecule has 3 aromatic rings. The Bertz CT molecular complexity index is 1130. The molecule has 2 amide bonds. The van der Waals surface area contributed by atoms with Crippen molar-refractivity contribution in [3.8, 4) is 5.75 Å². The maximum atomic E-state index is 12.7. The number of aryl methyl sites for hydroxylation is 1. The molecule has 0 saturated carbocycles. The number of hydrogen-bond donors (Lipinski definition) is 2. The molecule has 0 aliphatic rings. The van der Waals surface area contributed by atoms with Gasteiger partial charge in [-0.15, -0.1) is 11.3 Å². The van der Waals surface area contributed by atoms with Gasteiger partial charge in [0.25, 0.3) is 5.91 Å². The summed E-state index contributed by atoms with van der Waals surface area (Å²) in [5, 5.41) is 6.62. The first-order chi connectivity index (χ1) is 15.8. The molecule has 0 spiro atoms. The van der Waals surface area contributed by atoms with Crippen LogP contribution in [0, 0.1) is 6.92 Å². The molecule has 10 heteroatoms. The van der Waals surface area contributed by atoms with E-state index in [1.807, 2.05) is 0 Å². The zero-order valence-corrected chi connectivity index (χ0v) is 19.6. The lowest BCUT2D eigenvalue weighted by molar-refractivity contribution is -0.141. The van der Waals surface area contributed by atoms with Gasteiger partial charge in [-0.1, -0.05) is 23.7 Å². The van der Waals surface area contributed by atoms with Crippen molar-refractivity contribution >= 4 is 46.4 Å². The SMILES string of the molecule is COC(=O)CNC(=O)Cc1ccc(NC(=O)c2sc(COc3ccc(Cl)cc3)nc2C)cc1. The van der Waals surface area contributed by atoms with E-state index in [4.69, 9.17) is 16.3 Å². The first kappa shape index (κ1) is 24.2. The van der Waals surface area contributed by atoms with Crippen LogP contribution in [0.1, 0.15) is 25.9 Å². The van der Waals surface area contributed by atoms with Crippen LogP contribution in [0.5, 0.6) is 5.75 Å². The Morgan fingerprint density at radius 1 is 1.06 bits per heavy atom. The number of carbonyl (C=O) groups excluding carboxylic acids is 3. The molecule has 0 radical (unpaired) electrons. The third kappa shape index (κ3) is 7.30. The Morgan fingerprint density at radius 3 is 2.42 bits per heavy atom. The van der Waals surface area contributed by atoms with Crippen molar-refractivity contribution in [2.24, 2.45) is 0 Å². The highest BCUT2D eigenvalue weighted by Crippen LogP contribution is 2.23. The maximum Gasteiger partial charge on any atom is 0.325 e. The molecule has 0 aliphatic carbocycles. The standard InChI is InChI=1S/C23H22ClN3O5S/c1-14-22(33-20(26-14)13-32-18-9-5-16(24)6-10-18)23(30)27-17-7-3-15(4-8-17)11-19(28)25-12-21(29)31-2/h3-10H,11-13H2,1-2H3,(H,25,28)(H,27,30). The second-order valence-corrected chi connectivity index (χ2v) is 8.47. The highest BCUT2D eigenvalue weighted by molar-refractivity contribution is 7.13. The molecular formula is C23H22ClN3O5S. The number of nitrogens with zero attached hydrogens (tertiary/aromatic N) is 1. The molecule has 33 heavy (non-hydrogen) atoms. The summed E-state index contributed by atoms with van der Waals surface area (Å²) in [6.45, 7) is 1.84. The van der Waals surface area contributed by atoms with Gasteiger partial charge in [0.2, 0.25) is 5.91 Å². The van der Waals surface area contributed by atoms with Crippen molar-refractivity contribution in [3.63, 3.8) is 0 Å². The number of anilines is 1. The smallest absolute Gasteiger partial charge is 0.325 e. The molecule has 0 aliphatic heterocycles. The molecule has 1 heterocycles. The van der Waals surface area contributed by atoms with Crippen LogP contribution in [0.25, 0.3) is 0 Å². The molecule has 0 bridgehead atoms. The summed E-state index contributed by atoms with van der Waals surface area (Å²) in [6.07, 6.45) is 0.107. The summed E-state index contributed by atoms with van der Waals surface area (Å²) >= 11 is 7.14. The Labute approximate surface area is 199 Å². The summed E-state index contributed by atoms with van der Waals surface area (Å²) in [6, 6.07) is 13.9. The van der Waals surface area contributed by atoms with E-state index in [-0.39, 0.29) is 31.4 Å². The van der Waals surface area contributed by atoms with Crippen LogP contribution in [-0.2, 0) is 27.4 Å². The molecule has 1 aromatic heterocycles. The normalized spacial score (nSPS) is 10.4. The third-order valence-electron chi connectivity index (χ3n) is 4.46. The van der Waals surface area contributed by atoms with Crippen LogP contribution in [0.2, 0.25) is 5.02 Å². The zero-order chi connectivity index (χ0) is 23.8. The van der Waals surface area contributed by atoms with Gasteiger partial charge in [0.05, 0.1) is 19.2 Å². The van der Waals surface area contributed by atoms with Crippen molar-refractivity contribution in [1.82, 2.24) is 10.3 Å². The molecule has 0 atom stereocenters. The van der Waals surface area contributed by atoms with E-state index in [9.17, 15) is 14.4 Å². The van der Waals surface area contributed by atoms with Gasteiger partial charge >= 0.3 is 5.97 Å². The number of carbonyl (C=O) groups is 3. The number of esters is 1. The Kier molecular flexibility index (Phi) is 8.39. The highest BCUT2D eigenvalue weighted by Gasteiger charge is 2.16. The fraction of sp³-hybridized carbons (Fsp3) is 0.217. The molecule has 3 rings (SSSR count). The van der Waals surface area contributed by atoms with E-state index in [0.29, 0.717) is 32.0 Å². The fourth-order valence-electron chi connectivity index (χ4n) is 2.79. The van der Waals surface area contributed by atoms with Crippen molar-refractivity contribution in [2.75, 3.05) is 19.0 Å². The molecule has 0 saturated heterocycles. The van der Waals surface area contributed by atoms with E-state index in [2.05, 4.69) is 20.4 Å². The van der Waals surface area contributed by atoms with Crippen molar-refractivity contribution in [1.29, 1.82) is 0 Å². The van der Waals surface area contributed by atoms with Crippen molar-refractivity contribution in [3.05, 3.63) is 74.7 Å². The van der Waals surface area contributed by atoms with Gasteiger partial charge in [-0.2, -0.15) is 0 Å². The quantitative estimate of drug-likeness (QED) is 0.445. The number of rotatable bonds is 9. The number of methoxy groups -OCH3 is 1. The number of hydrogen-bond acceptors (Lipinski definition) is 7. The number of ether oxygens (including phenoxy) is 2. The Balaban J connectivity index is 1.53. The number of amides is 2. The van der Waals surface area contributed by atoms with Crippen LogP contribution >= 0.6 is 22.9 Å². The second kappa shape index (κ2) is 11.4. The van der Waals surface area contributed by atoms with Gasteiger partial charge in [0, 0.05) is 10.7 Å². The van der Waals surface area contributed by atoms with E-state index < -0.39 is 5.97 Å². The van der Waals surface area contributed by atoms with Gasteiger partial charge in [-0.3, -0.25) is 14.4 Å². The summed E-state index contributed by atoms with van der Waals surface area (Å²) in [5.41, 5.74) is 1.95. The van der Waals surface area contributed by atoms with Crippen LogP contribution in [-0.4, -0.2) is 36.4 Å². The van der Waals surface area contributed by atoms with Gasteiger partial charge in [0.1, 0.15) is 28.8 Å². The number of aromatic nitrogens is 1. The lowest BCUT2D eigenvalue weighted by atomic mass is 10.1. The molecule has 2 N–H and O–H groups in total. The van der Waals surface area contributed by atoms with Crippen molar-refractivity contribution in [2.45, 2.75) is 20.0 Å². The Morgan fingerprint density at radius 2 is 1.76 bits per heavy atom. The summed E-state index contributed by atoms with van der Waals surface area (Å²) in [5.74, 6) is -0.422. The zero-order valence-electron chi connectivity index (χ0n) is 18.0. The molecule has 0 unspecified atom stereocenters. The monoisotopic (exact) mass is 487 g/mol. The van der Waals surface area contributed by atoms with Crippen LogP contribution in [0.4, 0.5) is 5.69 Å². The molecule has 0 fully saturated rings. The first-order valence-corrected chi connectivity index (χ1v) is 11.1. The number of halogens is 1. The van der Waals surface area contributed by atoms with Gasteiger partial charge in [-0.25, -0.2) is 4.98 Å². The largest absolute Gasteiger partial charge is 0.486 e. The maximum absolute atomic E-state index is 12.7. The van der Waals surface area contributed by atoms with E-state index in [1.54, 1.807) is 55.5 Å². The van der Waals surface area contributed by atoms with E-state index in [0.717, 1.165) is 5.56 Å². The van der Waals surface area contributed by atoms with E-state index >= 15 is 0 Å².